The summed E-state index contributed by atoms with van der Waals surface area (Å²) in [7, 11) is 0. The molecule has 2 aromatic carbocycles. The van der Waals surface area contributed by atoms with E-state index in [9.17, 15) is 4.79 Å². The lowest BCUT2D eigenvalue weighted by molar-refractivity contribution is 0.340. The molecule has 0 amide bonds. The Balaban J connectivity index is 2.15. The minimum atomic E-state index is -0.188. The Bertz CT molecular complexity index is 803. The fourth-order valence-corrected chi connectivity index (χ4v) is 2.36. The molecule has 1 heterocycles. The number of imidazole rings is 1. The summed E-state index contributed by atoms with van der Waals surface area (Å²) in [6.07, 6.45) is 0. The van der Waals surface area contributed by atoms with E-state index < -0.39 is 0 Å². The zero-order valence-electron chi connectivity index (χ0n) is 10.9. The Morgan fingerprint density at radius 2 is 1.95 bits per heavy atom. The van der Waals surface area contributed by atoms with Crippen molar-refractivity contribution in [3.63, 3.8) is 0 Å². The van der Waals surface area contributed by atoms with Crippen LogP contribution in [0, 0.1) is 0 Å². The highest BCUT2D eigenvalue weighted by atomic mass is 35.5. The van der Waals surface area contributed by atoms with Gasteiger partial charge in [-0.25, -0.2) is 4.79 Å². The third-order valence-electron chi connectivity index (χ3n) is 3.05. The first-order chi connectivity index (χ1) is 9.69. The van der Waals surface area contributed by atoms with E-state index in [2.05, 4.69) is 4.98 Å². The van der Waals surface area contributed by atoms with Crippen molar-refractivity contribution in [2.75, 3.05) is 6.61 Å². The van der Waals surface area contributed by atoms with E-state index in [1.54, 1.807) is 22.8 Å². The number of halogens is 1. The molecule has 0 atom stereocenters. The van der Waals surface area contributed by atoms with Crippen molar-refractivity contribution in [1.82, 2.24) is 9.55 Å². The summed E-state index contributed by atoms with van der Waals surface area (Å²) in [6.45, 7) is 2.54. The Kier molecular flexibility index (Phi) is 3.24. The zero-order chi connectivity index (χ0) is 14.1. The predicted octanol–water partition coefficient (Wildman–Crippen LogP) is 3.37. The molecule has 0 unspecified atom stereocenters. The molecule has 0 aliphatic heterocycles. The number of rotatable bonds is 3. The second-order valence-electron chi connectivity index (χ2n) is 4.35. The van der Waals surface area contributed by atoms with E-state index in [-0.39, 0.29) is 5.69 Å². The van der Waals surface area contributed by atoms with Crippen molar-refractivity contribution < 1.29 is 4.74 Å². The molecule has 0 bridgehead atoms. The van der Waals surface area contributed by atoms with Gasteiger partial charge in [-0.05, 0) is 49.4 Å². The van der Waals surface area contributed by atoms with Crippen LogP contribution in [0.15, 0.2) is 47.3 Å². The van der Waals surface area contributed by atoms with Crippen LogP contribution in [0.5, 0.6) is 5.75 Å². The van der Waals surface area contributed by atoms with Crippen LogP contribution in [0.2, 0.25) is 5.02 Å². The van der Waals surface area contributed by atoms with Crippen LogP contribution in [0.1, 0.15) is 6.92 Å². The number of aromatic amines is 1. The molecule has 102 valence electrons. The van der Waals surface area contributed by atoms with E-state index in [1.807, 2.05) is 31.2 Å². The second kappa shape index (κ2) is 5.06. The summed E-state index contributed by atoms with van der Waals surface area (Å²) in [5.41, 5.74) is 2.10. The molecule has 0 fully saturated rings. The molecule has 0 saturated heterocycles. The van der Waals surface area contributed by atoms with Gasteiger partial charge in [0.15, 0.2) is 0 Å². The summed E-state index contributed by atoms with van der Waals surface area (Å²) in [5, 5.41) is 0.594. The fraction of sp³-hybridized carbons (Fsp3) is 0.133. The molecule has 0 spiro atoms. The zero-order valence-corrected chi connectivity index (χ0v) is 11.6. The molecule has 0 radical (unpaired) electrons. The number of ether oxygens (including phenoxy) is 1. The van der Waals surface area contributed by atoms with Gasteiger partial charge in [0.1, 0.15) is 5.75 Å². The van der Waals surface area contributed by atoms with Gasteiger partial charge in [0.05, 0.1) is 23.3 Å². The first-order valence-electron chi connectivity index (χ1n) is 6.32. The largest absolute Gasteiger partial charge is 0.494 e. The molecule has 3 aromatic rings. The van der Waals surface area contributed by atoms with E-state index in [1.165, 1.54) is 0 Å². The first kappa shape index (κ1) is 12.8. The highest BCUT2D eigenvalue weighted by molar-refractivity contribution is 6.31. The summed E-state index contributed by atoms with van der Waals surface area (Å²) >= 11 is 6.00. The molecule has 20 heavy (non-hydrogen) atoms. The second-order valence-corrected chi connectivity index (χ2v) is 4.79. The van der Waals surface area contributed by atoms with E-state index in [4.69, 9.17) is 16.3 Å². The Morgan fingerprint density at radius 3 is 2.65 bits per heavy atom. The van der Waals surface area contributed by atoms with Crippen LogP contribution in [-0.2, 0) is 0 Å². The van der Waals surface area contributed by atoms with Gasteiger partial charge in [-0.3, -0.25) is 4.57 Å². The van der Waals surface area contributed by atoms with E-state index >= 15 is 0 Å². The average Bonchev–Trinajstić information content (AvgIpc) is 2.76. The van der Waals surface area contributed by atoms with E-state index in [0.29, 0.717) is 11.6 Å². The third-order valence-corrected chi connectivity index (χ3v) is 3.29. The monoisotopic (exact) mass is 288 g/mol. The lowest BCUT2D eigenvalue weighted by Crippen LogP contribution is -2.14. The molecular weight excluding hydrogens is 276 g/mol. The van der Waals surface area contributed by atoms with Gasteiger partial charge < -0.3 is 9.72 Å². The Hall–Kier alpha value is -2.20. The van der Waals surface area contributed by atoms with Crippen molar-refractivity contribution in [2.45, 2.75) is 6.92 Å². The number of hydrogen-bond acceptors (Lipinski definition) is 2. The molecule has 1 N–H and O–H groups in total. The number of hydrogen-bond donors (Lipinski definition) is 1. The van der Waals surface area contributed by atoms with Crippen LogP contribution in [0.25, 0.3) is 16.7 Å². The summed E-state index contributed by atoms with van der Waals surface area (Å²) < 4.78 is 6.99. The van der Waals surface area contributed by atoms with Crippen molar-refractivity contribution in [3.05, 3.63) is 58.0 Å². The molecule has 4 nitrogen and oxygen atoms in total. The van der Waals surface area contributed by atoms with Crippen molar-refractivity contribution in [2.24, 2.45) is 0 Å². The molecule has 0 saturated carbocycles. The highest BCUT2D eigenvalue weighted by Crippen LogP contribution is 2.21. The molecular formula is C15H13ClN2O2. The van der Waals surface area contributed by atoms with Crippen LogP contribution in [0.4, 0.5) is 0 Å². The van der Waals surface area contributed by atoms with Crippen molar-refractivity contribution >= 4 is 22.6 Å². The van der Waals surface area contributed by atoms with Crippen LogP contribution in [-0.4, -0.2) is 16.2 Å². The van der Waals surface area contributed by atoms with Crippen LogP contribution in [0.3, 0.4) is 0 Å². The van der Waals surface area contributed by atoms with Crippen LogP contribution < -0.4 is 10.4 Å². The number of nitrogens with zero attached hydrogens (tertiary/aromatic N) is 1. The van der Waals surface area contributed by atoms with Gasteiger partial charge in [0.2, 0.25) is 0 Å². The standard InChI is InChI=1S/C15H13ClN2O2/c1-2-20-12-6-4-11(5-7-12)18-14-9-10(16)3-8-13(14)17-15(18)19/h3-9H,2H2,1H3,(H,17,19). The number of fused-ring (bicyclic) bond motifs is 1. The Labute approximate surface area is 120 Å². The van der Waals surface area contributed by atoms with Crippen molar-refractivity contribution in [3.8, 4) is 11.4 Å². The number of benzene rings is 2. The number of H-pyrrole nitrogens is 1. The predicted molar refractivity (Wildman–Crippen MR) is 80.1 cm³/mol. The Morgan fingerprint density at radius 1 is 1.20 bits per heavy atom. The lowest BCUT2D eigenvalue weighted by Gasteiger charge is -2.06. The number of aromatic nitrogens is 2. The normalized spacial score (nSPS) is 10.9. The minimum absolute atomic E-state index is 0.188. The van der Waals surface area contributed by atoms with Gasteiger partial charge >= 0.3 is 5.69 Å². The SMILES string of the molecule is CCOc1ccc(-n2c(=O)[nH]c3ccc(Cl)cc32)cc1. The van der Waals surface area contributed by atoms with Gasteiger partial charge in [-0.2, -0.15) is 0 Å². The lowest BCUT2D eigenvalue weighted by atomic mass is 10.2. The molecule has 5 heteroatoms. The first-order valence-corrected chi connectivity index (χ1v) is 6.70. The minimum Gasteiger partial charge on any atom is -0.494 e. The third kappa shape index (κ3) is 2.18. The summed E-state index contributed by atoms with van der Waals surface area (Å²) in [5.74, 6) is 0.780. The highest BCUT2D eigenvalue weighted by Gasteiger charge is 2.09. The average molecular weight is 289 g/mol. The smallest absolute Gasteiger partial charge is 0.331 e. The maximum absolute atomic E-state index is 12.1. The molecule has 1 aromatic heterocycles. The van der Waals surface area contributed by atoms with Crippen LogP contribution >= 0.6 is 11.6 Å². The topological polar surface area (TPSA) is 47.0 Å². The molecule has 3 rings (SSSR count). The maximum atomic E-state index is 12.1. The van der Waals surface area contributed by atoms with Gasteiger partial charge in [-0.1, -0.05) is 11.6 Å². The number of nitrogens with one attached hydrogen (secondary N) is 1. The van der Waals surface area contributed by atoms with Gasteiger partial charge in [0.25, 0.3) is 0 Å². The molecule has 0 aliphatic carbocycles. The fourth-order valence-electron chi connectivity index (χ4n) is 2.19. The quantitative estimate of drug-likeness (QED) is 0.803. The van der Waals surface area contributed by atoms with Gasteiger partial charge in [0, 0.05) is 5.02 Å². The maximum Gasteiger partial charge on any atom is 0.331 e. The molecule has 0 aliphatic rings. The summed E-state index contributed by atoms with van der Waals surface area (Å²) in [6, 6.07) is 12.7. The van der Waals surface area contributed by atoms with Crippen molar-refractivity contribution in [1.29, 1.82) is 0 Å². The van der Waals surface area contributed by atoms with E-state index in [0.717, 1.165) is 22.5 Å². The van der Waals surface area contributed by atoms with Gasteiger partial charge in [-0.15, -0.1) is 0 Å². The summed E-state index contributed by atoms with van der Waals surface area (Å²) in [4.78, 5) is 14.9.